The largest absolute Gasteiger partial charge is 0.0843 e. The molecule has 0 bridgehead atoms. The van der Waals surface area contributed by atoms with Crippen LogP contribution in [0.25, 0.3) is 33.0 Å². The molecule has 0 aliphatic heterocycles. The summed E-state index contributed by atoms with van der Waals surface area (Å²) in [4.78, 5) is 0. The topological polar surface area (TPSA) is 0 Å². The molecule has 1 unspecified atom stereocenters. The van der Waals surface area contributed by atoms with Gasteiger partial charge in [0.05, 0.1) is 0 Å². The van der Waals surface area contributed by atoms with Crippen LogP contribution in [0.5, 0.6) is 0 Å². The SMILES string of the molecule is CC1(c2cccc(-c3cccc(Cl)c3)c2)c2ccccc2-c2cc3ccccc3cc21. The summed E-state index contributed by atoms with van der Waals surface area (Å²) in [6.07, 6.45) is 0. The predicted octanol–water partition coefficient (Wildman–Crippen LogP) is 8.49. The lowest BCUT2D eigenvalue weighted by atomic mass is 9.73. The Labute approximate surface area is 187 Å². The second-order valence-corrected chi connectivity index (χ2v) is 8.94. The second kappa shape index (κ2) is 6.83. The van der Waals surface area contributed by atoms with Crippen molar-refractivity contribution in [2.24, 2.45) is 0 Å². The number of halogens is 1. The van der Waals surface area contributed by atoms with E-state index in [1.807, 2.05) is 18.2 Å². The van der Waals surface area contributed by atoms with Gasteiger partial charge in [-0.25, -0.2) is 0 Å². The maximum Gasteiger partial charge on any atom is 0.0435 e. The number of hydrogen-bond donors (Lipinski definition) is 0. The predicted molar refractivity (Wildman–Crippen MR) is 132 cm³/mol. The molecule has 0 nitrogen and oxygen atoms in total. The minimum atomic E-state index is -0.218. The van der Waals surface area contributed by atoms with E-state index < -0.39 is 0 Å². The Hall–Kier alpha value is -3.35. The van der Waals surface area contributed by atoms with Crippen LogP contribution in [0.15, 0.2) is 109 Å². The number of hydrogen-bond acceptors (Lipinski definition) is 0. The van der Waals surface area contributed by atoms with Gasteiger partial charge in [-0.15, -0.1) is 0 Å². The van der Waals surface area contributed by atoms with Crippen molar-refractivity contribution in [3.05, 3.63) is 131 Å². The van der Waals surface area contributed by atoms with Crippen molar-refractivity contribution < 1.29 is 0 Å². The fourth-order valence-corrected chi connectivity index (χ4v) is 5.35. The van der Waals surface area contributed by atoms with Gasteiger partial charge in [-0.05, 0) is 87.0 Å². The molecule has 6 rings (SSSR count). The Morgan fingerprint density at radius 3 is 2.03 bits per heavy atom. The third-order valence-electron chi connectivity index (χ3n) is 6.78. The summed E-state index contributed by atoms with van der Waals surface area (Å²) >= 11 is 6.28. The molecule has 31 heavy (non-hydrogen) atoms. The molecule has 0 spiro atoms. The maximum absolute atomic E-state index is 6.28. The fraction of sp³-hybridized carbons (Fsp3) is 0.0667. The Balaban J connectivity index is 1.62. The zero-order chi connectivity index (χ0) is 21.0. The van der Waals surface area contributed by atoms with Crippen molar-refractivity contribution >= 4 is 22.4 Å². The fourth-order valence-electron chi connectivity index (χ4n) is 5.16. The van der Waals surface area contributed by atoms with E-state index in [-0.39, 0.29) is 5.41 Å². The molecular weight excluding hydrogens is 396 g/mol. The zero-order valence-electron chi connectivity index (χ0n) is 17.3. The molecule has 1 heteroatoms. The maximum atomic E-state index is 6.28. The molecule has 0 fully saturated rings. The monoisotopic (exact) mass is 416 g/mol. The smallest absolute Gasteiger partial charge is 0.0435 e. The first-order chi connectivity index (χ1) is 15.1. The van der Waals surface area contributed by atoms with Crippen molar-refractivity contribution in [3.8, 4) is 22.3 Å². The number of benzene rings is 5. The summed E-state index contributed by atoms with van der Waals surface area (Å²) in [5.74, 6) is 0. The average Bonchev–Trinajstić information content (AvgIpc) is 3.07. The highest BCUT2D eigenvalue weighted by Crippen LogP contribution is 2.53. The van der Waals surface area contributed by atoms with Crippen LogP contribution >= 0.6 is 11.6 Å². The van der Waals surface area contributed by atoms with Crippen LogP contribution < -0.4 is 0 Å². The zero-order valence-corrected chi connectivity index (χ0v) is 18.0. The first kappa shape index (κ1) is 18.4. The van der Waals surface area contributed by atoms with Gasteiger partial charge in [0.15, 0.2) is 0 Å². The van der Waals surface area contributed by atoms with Gasteiger partial charge in [0.1, 0.15) is 0 Å². The first-order valence-corrected chi connectivity index (χ1v) is 11.0. The van der Waals surface area contributed by atoms with Crippen LogP contribution in [-0.2, 0) is 5.41 Å². The van der Waals surface area contributed by atoms with E-state index in [1.54, 1.807) is 0 Å². The summed E-state index contributed by atoms with van der Waals surface area (Å²) in [5.41, 5.74) is 8.82. The molecule has 148 valence electrons. The number of fused-ring (bicyclic) bond motifs is 4. The highest BCUT2D eigenvalue weighted by atomic mass is 35.5. The molecule has 1 atom stereocenters. The van der Waals surface area contributed by atoms with Crippen molar-refractivity contribution in [2.75, 3.05) is 0 Å². The molecule has 0 radical (unpaired) electrons. The third-order valence-corrected chi connectivity index (χ3v) is 7.01. The molecule has 1 aliphatic rings. The van der Waals surface area contributed by atoms with E-state index in [0.29, 0.717) is 0 Å². The van der Waals surface area contributed by atoms with Gasteiger partial charge in [-0.1, -0.05) is 90.5 Å². The van der Waals surface area contributed by atoms with Crippen LogP contribution in [0.3, 0.4) is 0 Å². The highest BCUT2D eigenvalue weighted by molar-refractivity contribution is 6.30. The third kappa shape index (κ3) is 2.76. The van der Waals surface area contributed by atoms with E-state index in [4.69, 9.17) is 11.6 Å². The molecule has 1 aliphatic carbocycles. The molecule has 0 heterocycles. The van der Waals surface area contributed by atoms with Gasteiger partial charge in [-0.3, -0.25) is 0 Å². The van der Waals surface area contributed by atoms with Crippen LogP contribution in [-0.4, -0.2) is 0 Å². The standard InChI is InChI=1S/C30H21Cl/c1-30(24-12-6-10-20(16-24)21-11-7-13-25(31)17-21)28-15-5-4-14-26(28)27-18-22-8-2-3-9-23(22)19-29(27)30/h2-19H,1H3. The average molecular weight is 417 g/mol. The van der Waals surface area contributed by atoms with E-state index in [0.717, 1.165) is 10.6 Å². The lowest BCUT2D eigenvalue weighted by Gasteiger charge is -2.29. The van der Waals surface area contributed by atoms with Gasteiger partial charge in [0, 0.05) is 10.4 Å². The molecule has 0 saturated heterocycles. The summed E-state index contributed by atoms with van der Waals surface area (Å²) < 4.78 is 0. The molecule has 0 N–H and O–H groups in total. The molecular formula is C30H21Cl. The summed E-state index contributed by atoms with van der Waals surface area (Å²) in [6.45, 7) is 2.36. The van der Waals surface area contributed by atoms with Gasteiger partial charge in [-0.2, -0.15) is 0 Å². The quantitative estimate of drug-likeness (QED) is 0.270. The van der Waals surface area contributed by atoms with Gasteiger partial charge < -0.3 is 0 Å². The first-order valence-electron chi connectivity index (χ1n) is 10.6. The minimum Gasteiger partial charge on any atom is -0.0843 e. The van der Waals surface area contributed by atoms with Gasteiger partial charge in [0.2, 0.25) is 0 Å². The van der Waals surface area contributed by atoms with E-state index in [1.165, 1.54) is 44.2 Å². The number of rotatable bonds is 2. The van der Waals surface area contributed by atoms with Crippen molar-refractivity contribution in [1.82, 2.24) is 0 Å². The summed E-state index contributed by atoms with van der Waals surface area (Å²) in [5, 5.41) is 3.33. The van der Waals surface area contributed by atoms with Crippen molar-refractivity contribution in [1.29, 1.82) is 0 Å². The normalized spacial score (nSPS) is 16.8. The Kier molecular flexibility index (Phi) is 4.06. The van der Waals surface area contributed by atoms with Gasteiger partial charge >= 0.3 is 0 Å². The molecule has 0 amide bonds. The van der Waals surface area contributed by atoms with Crippen molar-refractivity contribution in [3.63, 3.8) is 0 Å². The molecule has 5 aromatic rings. The van der Waals surface area contributed by atoms with Crippen LogP contribution in [0.2, 0.25) is 5.02 Å². The summed E-state index contributed by atoms with van der Waals surface area (Å²) in [7, 11) is 0. The molecule has 5 aromatic carbocycles. The van der Waals surface area contributed by atoms with Gasteiger partial charge in [0.25, 0.3) is 0 Å². The molecule has 0 aromatic heterocycles. The summed E-state index contributed by atoms with van der Waals surface area (Å²) in [6, 6.07) is 39.2. The Morgan fingerprint density at radius 2 is 1.23 bits per heavy atom. The van der Waals surface area contributed by atoms with Crippen LogP contribution in [0.1, 0.15) is 23.6 Å². The highest BCUT2D eigenvalue weighted by Gasteiger charge is 2.40. The second-order valence-electron chi connectivity index (χ2n) is 8.51. The molecule has 0 saturated carbocycles. The minimum absolute atomic E-state index is 0.218. The Morgan fingerprint density at radius 1 is 0.548 bits per heavy atom. The van der Waals surface area contributed by atoms with E-state index in [2.05, 4.69) is 97.9 Å². The lowest BCUT2D eigenvalue weighted by molar-refractivity contribution is 0.715. The van der Waals surface area contributed by atoms with Crippen molar-refractivity contribution in [2.45, 2.75) is 12.3 Å². The Bertz CT molecular complexity index is 1460. The van der Waals surface area contributed by atoms with E-state index in [9.17, 15) is 0 Å². The van der Waals surface area contributed by atoms with Crippen LogP contribution in [0.4, 0.5) is 0 Å². The van der Waals surface area contributed by atoms with E-state index >= 15 is 0 Å². The van der Waals surface area contributed by atoms with Crippen LogP contribution in [0, 0.1) is 0 Å². The lowest BCUT2D eigenvalue weighted by Crippen LogP contribution is -2.22.